The first-order valence-corrected chi connectivity index (χ1v) is 22.7. The van der Waals surface area contributed by atoms with E-state index < -0.39 is 0 Å². The van der Waals surface area contributed by atoms with Gasteiger partial charge in [-0.3, -0.25) is 4.90 Å². The topological polar surface area (TPSA) is 54.8 Å². The van der Waals surface area contributed by atoms with Crippen LogP contribution in [0.25, 0.3) is 56.1 Å². The standard InChI is InChI=1S/C61H51N5/c1-39-33-41(3)57(42(4)34-39)59(58-43(5)35-40(2)36-44(58)6)47-29-31-50(32-30-47)66(55-37-53(46-20-10-7-11-21-46)62-60(64-55)48-22-12-8-13-23-48)56-38-54(63-61(65-56)49-24-14-9-15-25-49)52-28-18-26-45-19-16-17-27-51(45)52/h7-38,59H,1-6H3. The van der Waals surface area contributed by atoms with Crippen LogP contribution >= 0.6 is 0 Å². The predicted octanol–water partition coefficient (Wildman–Crippen LogP) is 15.6. The molecule has 0 N–H and O–H groups in total. The molecule has 0 unspecified atom stereocenters. The Hall–Kier alpha value is -8.02. The van der Waals surface area contributed by atoms with Gasteiger partial charge in [0.1, 0.15) is 11.6 Å². The summed E-state index contributed by atoms with van der Waals surface area (Å²) in [4.78, 5) is 23.5. The van der Waals surface area contributed by atoms with Crippen molar-refractivity contribution in [2.24, 2.45) is 0 Å². The Kier molecular flexibility index (Phi) is 11.4. The van der Waals surface area contributed by atoms with Gasteiger partial charge in [-0.25, -0.2) is 19.9 Å². The lowest BCUT2D eigenvalue weighted by molar-refractivity contribution is 0.919. The average Bonchev–Trinajstić information content (AvgIpc) is 3.34. The number of hydrogen-bond acceptors (Lipinski definition) is 5. The van der Waals surface area contributed by atoms with Gasteiger partial charge < -0.3 is 0 Å². The first-order valence-electron chi connectivity index (χ1n) is 22.7. The van der Waals surface area contributed by atoms with Gasteiger partial charge in [-0.1, -0.05) is 181 Å². The lowest BCUT2D eigenvalue weighted by Crippen LogP contribution is -2.16. The number of benzene rings is 8. The van der Waals surface area contributed by atoms with Crippen molar-refractivity contribution in [3.8, 4) is 45.3 Å². The van der Waals surface area contributed by atoms with Gasteiger partial charge >= 0.3 is 0 Å². The summed E-state index contributed by atoms with van der Waals surface area (Å²) in [7, 11) is 0. The van der Waals surface area contributed by atoms with Crippen molar-refractivity contribution in [2.45, 2.75) is 47.5 Å². The van der Waals surface area contributed by atoms with E-state index >= 15 is 0 Å². The summed E-state index contributed by atoms with van der Waals surface area (Å²) in [6, 6.07) is 68.2. The molecule has 0 aliphatic heterocycles. The van der Waals surface area contributed by atoms with Crippen molar-refractivity contribution in [1.29, 1.82) is 0 Å². The zero-order chi connectivity index (χ0) is 45.3. The molecular formula is C61H51N5. The van der Waals surface area contributed by atoms with Crippen LogP contribution < -0.4 is 4.90 Å². The lowest BCUT2D eigenvalue weighted by atomic mass is 9.77. The van der Waals surface area contributed by atoms with Gasteiger partial charge in [-0.15, -0.1) is 0 Å². The van der Waals surface area contributed by atoms with E-state index in [0.29, 0.717) is 23.3 Å². The molecule has 0 saturated heterocycles. The molecule has 10 rings (SSSR count). The van der Waals surface area contributed by atoms with Crippen LogP contribution in [0, 0.1) is 41.5 Å². The van der Waals surface area contributed by atoms with Gasteiger partial charge in [-0.05, 0) is 103 Å². The maximum absolute atomic E-state index is 5.44. The second-order valence-corrected chi connectivity index (χ2v) is 17.5. The van der Waals surface area contributed by atoms with E-state index in [1.807, 2.05) is 54.6 Å². The summed E-state index contributed by atoms with van der Waals surface area (Å²) in [5.41, 5.74) is 18.0. The Labute approximate surface area is 388 Å². The lowest BCUT2D eigenvalue weighted by Gasteiger charge is -2.28. The highest BCUT2D eigenvalue weighted by atomic mass is 15.3. The zero-order valence-corrected chi connectivity index (χ0v) is 38.3. The van der Waals surface area contributed by atoms with E-state index in [1.165, 1.54) is 50.1 Å². The van der Waals surface area contributed by atoms with Crippen molar-refractivity contribution >= 4 is 28.1 Å². The van der Waals surface area contributed by atoms with Gasteiger partial charge in [0, 0.05) is 46.0 Å². The Bertz CT molecular complexity index is 3200. The third kappa shape index (κ3) is 8.28. The molecule has 0 bridgehead atoms. The highest BCUT2D eigenvalue weighted by molar-refractivity contribution is 5.96. The molecule has 0 amide bonds. The number of aromatic nitrogens is 4. The summed E-state index contributed by atoms with van der Waals surface area (Å²) in [6.45, 7) is 13.4. The Morgan fingerprint density at radius 3 is 1.35 bits per heavy atom. The second kappa shape index (κ2) is 17.9. The molecule has 0 spiro atoms. The normalized spacial score (nSPS) is 11.3. The largest absolute Gasteiger partial charge is 0.279 e. The molecule has 10 aromatic rings. The van der Waals surface area contributed by atoms with Crippen molar-refractivity contribution in [3.05, 3.63) is 244 Å². The molecule has 8 aromatic carbocycles. The predicted molar refractivity (Wildman–Crippen MR) is 274 cm³/mol. The first kappa shape index (κ1) is 42.0. The van der Waals surface area contributed by atoms with E-state index in [1.54, 1.807) is 0 Å². The number of fused-ring (bicyclic) bond motifs is 1. The van der Waals surface area contributed by atoms with Crippen LogP contribution in [-0.2, 0) is 0 Å². The van der Waals surface area contributed by atoms with Crippen LogP contribution in [0.3, 0.4) is 0 Å². The molecule has 0 aliphatic carbocycles. The molecule has 0 aliphatic rings. The molecule has 2 aromatic heterocycles. The highest BCUT2D eigenvalue weighted by Crippen LogP contribution is 2.43. The van der Waals surface area contributed by atoms with Crippen molar-refractivity contribution in [1.82, 2.24) is 19.9 Å². The van der Waals surface area contributed by atoms with Gasteiger partial charge in [0.15, 0.2) is 11.6 Å². The van der Waals surface area contributed by atoms with Gasteiger partial charge in [0.2, 0.25) is 0 Å². The number of nitrogens with zero attached hydrogens (tertiary/aromatic N) is 5. The monoisotopic (exact) mass is 853 g/mol. The molecule has 0 radical (unpaired) electrons. The molecule has 0 atom stereocenters. The fourth-order valence-corrected chi connectivity index (χ4v) is 9.84. The van der Waals surface area contributed by atoms with Crippen LogP contribution in [0.5, 0.6) is 0 Å². The first-order chi connectivity index (χ1) is 32.2. The minimum atomic E-state index is 0.0174. The molecule has 66 heavy (non-hydrogen) atoms. The molecule has 5 heteroatoms. The van der Waals surface area contributed by atoms with Gasteiger partial charge in [-0.2, -0.15) is 0 Å². The fourth-order valence-electron chi connectivity index (χ4n) is 9.84. The maximum atomic E-state index is 5.44. The number of anilines is 3. The quantitative estimate of drug-likeness (QED) is 0.128. The zero-order valence-electron chi connectivity index (χ0n) is 38.3. The second-order valence-electron chi connectivity index (χ2n) is 17.5. The summed E-state index contributed by atoms with van der Waals surface area (Å²) in [5.74, 6) is 2.63. The summed E-state index contributed by atoms with van der Waals surface area (Å²) < 4.78 is 0. The van der Waals surface area contributed by atoms with E-state index in [4.69, 9.17) is 19.9 Å². The maximum Gasteiger partial charge on any atom is 0.162 e. The van der Waals surface area contributed by atoms with Crippen molar-refractivity contribution in [2.75, 3.05) is 4.90 Å². The van der Waals surface area contributed by atoms with Gasteiger partial charge in [0.25, 0.3) is 0 Å². The van der Waals surface area contributed by atoms with Crippen LogP contribution in [0.4, 0.5) is 17.3 Å². The van der Waals surface area contributed by atoms with E-state index in [2.05, 4.69) is 186 Å². The fraction of sp³-hybridized carbons (Fsp3) is 0.115. The summed E-state index contributed by atoms with van der Waals surface area (Å²) >= 11 is 0. The summed E-state index contributed by atoms with van der Waals surface area (Å²) in [5, 5.41) is 2.26. The number of hydrogen-bond donors (Lipinski definition) is 0. The minimum Gasteiger partial charge on any atom is -0.279 e. The Morgan fingerprint density at radius 2 is 0.818 bits per heavy atom. The van der Waals surface area contributed by atoms with Crippen LogP contribution in [0.1, 0.15) is 56.0 Å². The van der Waals surface area contributed by atoms with E-state index in [9.17, 15) is 0 Å². The van der Waals surface area contributed by atoms with Crippen molar-refractivity contribution < 1.29 is 0 Å². The van der Waals surface area contributed by atoms with Crippen molar-refractivity contribution in [3.63, 3.8) is 0 Å². The Morgan fingerprint density at radius 1 is 0.379 bits per heavy atom. The molecular weight excluding hydrogens is 803 g/mol. The molecule has 2 heterocycles. The average molecular weight is 854 g/mol. The molecule has 0 saturated carbocycles. The van der Waals surface area contributed by atoms with Crippen LogP contribution in [-0.4, -0.2) is 19.9 Å². The Balaban J connectivity index is 1.24. The third-order valence-corrected chi connectivity index (χ3v) is 12.6. The minimum absolute atomic E-state index is 0.0174. The number of rotatable bonds is 10. The smallest absolute Gasteiger partial charge is 0.162 e. The SMILES string of the molecule is Cc1cc(C)c(C(c2ccc(N(c3cc(-c4ccccc4)nc(-c4ccccc4)n3)c3cc(-c4cccc5ccccc45)nc(-c4ccccc4)n3)cc2)c2c(C)cc(C)cc2C)c(C)c1. The van der Waals surface area contributed by atoms with Crippen LogP contribution in [0.2, 0.25) is 0 Å². The van der Waals surface area contributed by atoms with Crippen LogP contribution in [0.15, 0.2) is 194 Å². The van der Waals surface area contributed by atoms with E-state index in [-0.39, 0.29) is 5.92 Å². The van der Waals surface area contributed by atoms with E-state index in [0.717, 1.165) is 50.1 Å². The molecule has 0 fully saturated rings. The molecule has 320 valence electrons. The number of aryl methyl sites for hydroxylation is 6. The summed E-state index contributed by atoms with van der Waals surface area (Å²) in [6.07, 6.45) is 0. The highest BCUT2D eigenvalue weighted by Gasteiger charge is 2.27. The van der Waals surface area contributed by atoms with Gasteiger partial charge in [0.05, 0.1) is 11.4 Å². The third-order valence-electron chi connectivity index (χ3n) is 12.6. The molecule has 5 nitrogen and oxygen atoms in total.